The van der Waals surface area contributed by atoms with Gasteiger partial charge >= 0.3 is 0 Å². The summed E-state index contributed by atoms with van der Waals surface area (Å²) in [5.41, 5.74) is 0. The molecule has 2 unspecified atom stereocenters. The fourth-order valence-corrected chi connectivity index (χ4v) is 2.04. The molecule has 2 N–H and O–H groups in total. The van der Waals surface area contributed by atoms with Gasteiger partial charge in [-0.3, -0.25) is 5.84 Å². The first kappa shape index (κ1) is 7.97. The lowest BCUT2D eigenvalue weighted by molar-refractivity contribution is 0.521. The highest BCUT2D eigenvalue weighted by molar-refractivity contribution is 7.90. The van der Waals surface area contributed by atoms with Crippen molar-refractivity contribution in [2.75, 3.05) is 12.0 Å². The van der Waals surface area contributed by atoms with E-state index < -0.39 is 9.84 Å². The lowest BCUT2D eigenvalue weighted by Gasteiger charge is -1.92. The van der Waals surface area contributed by atoms with E-state index in [1.807, 2.05) is 6.92 Å². The molecule has 0 aromatic carbocycles. The Balaban J connectivity index is 2.44. The molecule has 0 saturated carbocycles. The Morgan fingerprint density at radius 2 is 2.00 bits per heavy atom. The van der Waals surface area contributed by atoms with Crippen LogP contribution in [0.5, 0.6) is 0 Å². The number of hydrogen-bond donors (Lipinski definition) is 1. The molecule has 0 bridgehead atoms. The Morgan fingerprint density at radius 3 is 2.10 bits per heavy atom. The molecule has 0 aromatic rings. The summed E-state index contributed by atoms with van der Waals surface area (Å²) in [6.45, 7) is 1.91. The molecule has 0 aliphatic carbocycles. The van der Waals surface area contributed by atoms with Crippen LogP contribution >= 0.6 is 0 Å². The van der Waals surface area contributed by atoms with Crippen LogP contribution in [-0.4, -0.2) is 37.5 Å². The minimum absolute atomic E-state index is 0.0509. The van der Waals surface area contributed by atoms with Gasteiger partial charge in [0.05, 0.1) is 11.8 Å². The minimum Gasteiger partial charge on any atom is -0.268 e. The summed E-state index contributed by atoms with van der Waals surface area (Å²) in [4.78, 5) is 0. The van der Waals surface area contributed by atoms with Crippen molar-refractivity contribution in [2.24, 2.45) is 5.84 Å². The second-order valence-corrected chi connectivity index (χ2v) is 5.03. The summed E-state index contributed by atoms with van der Waals surface area (Å²) in [6.07, 6.45) is 1.23. The van der Waals surface area contributed by atoms with Gasteiger partial charge in [-0.15, -0.1) is 0 Å². The molecule has 0 spiro atoms. The van der Waals surface area contributed by atoms with Crippen LogP contribution in [0.2, 0.25) is 0 Å². The zero-order chi connectivity index (χ0) is 7.94. The first-order valence-electron chi connectivity index (χ1n) is 3.12. The molecule has 1 saturated heterocycles. The van der Waals surface area contributed by atoms with Crippen molar-refractivity contribution in [3.63, 3.8) is 0 Å². The lowest BCUT2D eigenvalue weighted by Crippen LogP contribution is -2.17. The summed E-state index contributed by atoms with van der Waals surface area (Å²) in [6, 6.07) is 0.282. The number of rotatable bonds is 2. The van der Waals surface area contributed by atoms with E-state index >= 15 is 0 Å². The zero-order valence-electron chi connectivity index (χ0n) is 6.11. The largest absolute Gasteiger partial charge is 0.268 e. The van der Waals surface area contributed by atoms with Crippen molar-refractivity contribution >= 4 is 9.84 Å². The van der Waals surface area contributed by atoms with Gasteiger partial charge in [-0.2, -0.15) is 0 Å². The molecular formula is C5H12N2O2S. The van der Waals surface area contributed by atoms with Crippen molar-refractivity contribution in [1.82, 2.24) is 5.01 Å². The van der Waals surface area contributed by atoms with Crippen LogP contribution < -0.4 is 5.84 Å². The third-order valence-corrected chi connectivity index (χ3v) is 2.74. The number of hydrazine groups is 1. The fraction of sp³-hybridized carbons (Fsp3) is 1.00. The molecule has 1 aliphatic heterocycles. The van der Waals surface area contributed by atoms with Gasteiger partial charge in [-0.05, 0) is 6.92 Å². The van der Waals surface area contributed by atoms with E-state index in [2.05, 4.69) is 0 Å². The SMILES string of the molecule is CC1[C@H](CS(C)(=O)=O)N1N. The van der Waals surface area contributed by atoms with Crippen LogP contribution in [0, 0.1) is 0 Å². The summed E-state index contributed by atoms with van der Waals surface area (Å²) < 4.78 is 21.4. The van der Waals surface area contributed by atoms with Gasteiger partial charge in [0.1, 0.15) is 9.84 Å². The van der Waals surface area contributed by atoms with Crippen LogP contribution in [0.25, 0.3) is 0 Å². The average molecular weight is 164 g/mol. The van der Waals surface area contributed by atoms with Gasteiger partial charge < -0.3 is 0 Å². The maximum absolute atomic E-state index is 10.7. The number of sulfone groups is 1. The summed E-state index contributed by atoms with van der Waals surface area (Å²) in [5.74, 6) is 5.57. The Bertz CT molecular complexity index is 216. The van der Waals surface area contributed by atoms with Gasteiger partial charge in [0.2, 0.25) is 0 Å². The molecule has 0 amide bonds. The van der Waals surface area contributed by atoms with E-state index in [4.69, 9.17) is 5.84 Å². The van der Waals surface area contributed by atoms with E-state index in [1.54, 1.807) is 5.01 Å². The normalized spacial score (nSPS) is 39.7. The Hall–Kier alpha value is -0.130. The molecular weight excluding hydrogens is 152 g/mol. The third kappa shape index (κ3) is 1.68. The Kier molecular flexibility index (Phi) is 1.74. The van der Waals surface area contributed by atoms with Gasteiger partial charge in [0.25, 0.3) is 0 Å². The fourth-order valence-electron chi connectivity index (χ4n) is 0.973. The topological polar surface area (TPSA) is 63.2 Å². The van der Waals surface area contributed by atoms with Crippen molar-refractivity contribution in [3.8, 4) is 0 Å². The number of nitrogens with two attached hydrogens (primary N) is 1. The quantitative estimate of drug-likeness (QED) is 0.419. The minimum atomic E-state index is -2.85. The maximum Gasteiger partial charge on any atom is 0.149 e. The first-order chi connectivity index (χ1) is 4.42. The molecule has 1 aliphatic rings. The van der Waals surface area contributed by atoms with Crippen LogP contribution in [0.4, 0.5) is 0 Å². The smallest absolute Gasteiger partial charge is 0.149 e. The predicted molar refractivity (Wildman–Crippen MR) is 39.0 cm³/mol. The second kappa shape index (κ2) is 2.18. The first-order valence-corrected chi connectivity index (χ1v) is 5.18. The lowest BCUT2D eigenvalue weighted by atomic mass is 10.4. The molecule has 1 fully saturated rings. The van der Waals surface area contributed by atoms with E-state index in [1.165, 1.54) is 6.26 Å². The number of hydrogen-bond acceptors (Lipinski definition) is 4. The van der Waals surface area contributed by atoms with E-state index in [0.717, 1.165) is 0 Å². The van der Waals surface area contributed by atoms with Crippen LogP contribution in [0.1, 0.15) is 6.92 Å². The molecule has 1 rings (SSSR count). The molecule has 1 heterocycles. The predicted octanol–water partition coefficient (Wildman–Crippen LogP) is -1.02. The molecule has 60 valence electrons. The monoisotopic (exact) mass is 164 g/mol. The van der Waals surface area contributed by atoms with E-state index in [-0.39, 0.29) is 17.8 Å². The van der Waals surface area contributed by atoms with E-state index in [9.17, 15) is 8.42 Å². The van der Waals surface area contributed by atoms with E-state index in [0.29, 0.717) is 0 Å². The van der Waals surface area contributed by atoms with Gasteiger partial charge in [0, 0.05) is 12.3 Å². The molecule has 5 heteroatoms. The standard InChI is InChI=1S/C5H12N2O2S/c1-4-5(7(4)6)3-10(2,8)9/h4-5H,3,6H2,1-2H3/t4?,5-,7?/m0/s1. The van der Waals surface area contributed by atoms with Gasteiger partial charge in [-0.25, -0.2) is 13.4 Å². The van der Waals surface area contributed by atoms with Crippen molar-refractivity contribution in [3.05, 3.63) is 0 Å². The Labute approximate surface area is 60.9 Å². The van der Waals surface area contributed by atoms with Gasteiger partial charge in [0.15, 0.2) is 0 Å². The van der Waals surface area contributed by atoms with Gasteiger partial charge in [-0.1, -0.05) is 0 Å². The summed E-state index contributed by atoms with van der Waals surface area (Å²) in [5, 5.41) is 1.56. The third-order valence-electron chi connectivity index (χ3n) is 1.79. The molecule has 4 nitrogen and oxygen atoms in total. The van der Waals surface area contributed by atoms with Crippen molar-refractivity contribution < 1.29 is 8.42 Å². The zero-order valence-corrected chi connectivity index (χ0v) is 6.93. The van der Waals surface area contributed by atoms with Crippen LogP contribution in [0.15, 0.2) is 0 Å². The second-order valence-electron chi connectivity index (χ2n) is 2.85. The Morgan fingerprint density at radius 1 is 1.60 bits per heavy atom. The molecule has 3 atom stereocenters. The van der Waals surface area contributed by atoms with Crippen molar-refractivity contribution in [2.45, 2.75) is 19.0 Å². The molecule has 0 aromatic heterocycles. The number of nitrogens with zero attached hydrogens (tertiary/aromatic N) is 1. The molecule has 10 heavy (non-hydrogen) atoms. The molecule has 0 radical (unpaired) electrons. The highest BCUT2D eigenvalue weighted by atomic mass is 32.2. The van der Waals surface area contributed by atoms with Crippen LogP contribution in [-0.2, 0) is 9.84 Å². The van der Waals surface area contributed by atoms with Crippen LogP contribution in [0.3, 0.4) is 0 Å². The van der Waals surface area contributed by atoms with Crippen molar-refractivity contribution in [1.29, 1.82) is 0 Å². The summed E-state index contributed by atoms with van der Waals surface area (Å²) in [7, 11) is -2.85. The maximum atomic E-state index is 10.7. The summed E-state index contributed by atoms with van der Waals surface area (Å²) >= 11 is 0. The average Bonchev–Trinajstić information content (AvgIpc) is 2.19. The highest BCUT2D eigenvalue weighted by Crippen LogP contribution is 2.23. The highest BCUT2D eigenvalue weighted by Gasteiger charge is 2.43.